The zero-order valence-electron chi connectivity index (χ0n) is 9.43. The molecule has 1 atom stereocenters. The normalized spacial score (nSPS) is 12.7. The Hall–Kier alpha value is -0.550. The Morgan fingerprint density at radius 2 is 2.00 bits per heavy atom. The van der Waals surface area contributed by atoms with Crippen LogP contribution in [0.2, 0.25) is 0 Å². The van der Waals surface area contributed by atoms with Crippen LogP contribution in [0.4, 0.5) is 0 Å². The molecule has 2 N–H and O–H groups in total. The first-order chi connectivity index (χ1) is 7.76. The van der Waals surface area contributed by atoms with Gasteiger partial charge in [0, 0.05) is 17.3 Å². The number of ether oxygens (including phenoxy) is 1. The fourth-order valence-corrected chi connectivity index (χ4v) is 2.00. The zero-order chi connectivity index (χ0) is 11.8. The maximum absolute atomic E-state index is 9.56. The Kier molecular flexibility index (Phi) is 6.49. The Labute approximate surface area is 100 Å². The predicted octanol–water partition coefficient (Wildman–Crippen LogP) is 1.67. The average Bonchev–Trinajstić information content (AvgIpc) is 2.34. The smallest absolute Gasteiger partial charge is 0.0867 e. The Morgan fingerprint density at radius 1 is 1.31 bits per heavy atom. The number of benzene rings is 1. The second-order valence-corrected chi connectivity index (χ2v) is 4.52. The highest BCUT2D eigenvalue weighted by Crippen LogP contribution is 2.19. The summed E-state index contributed by atoms with van der Waals surface area (Å²) in [6.45, 7) is 3.00. The van der Waals surface area contributed by atoms with Gasteiger partial charge >= 0.3 is 0 Å². The summed E-state index contributed by atoms with van der Waals surface area (Å²) >= 11 is 1.59. The molecule has 0 saturated heterocycles. The van der Waals surface area contributed by atoms with Gasteiger partial charge in [-0.25, -0.2) is 0 Å². The third-order valence-electron chi connectivity index (χ3n) is 2.06. The van der Waals surface area contributed by atoms with Crippen LogP contribution in [0.1, 0.15) is 12.5 Å². The van der Waals surface area contributed by atoms with Gasteiger partial charge in [-0.3, -0.25) is 0 Å². The molecule has 0 amide bonds. The van der Waals surface area contributed by atoms with E-state index in [0.717, 1.165) is 10.5 Å². The minimum Gasteiger partial charge on any atom is -0.392 e. The van der Waals surface area contributed by atoms with Crippen molar-refractivity contribution in [3.8, 4) is 0 Å². The molecule has 4 heteroatoms. The summed E-state index contributed by atoms with van der Waals surface area (Å²) < 4.78 is 5.12. The van der Waals surface area contributed by atoms with Gasteiger partial charge in [-0.05, 0) is 24.6 Å². The molecule has 0 fully saturated rings. The molecule has 16 heavy (non-hydrogen) atoms. The van der Waals surface area contributed by atoms with E-state index in [1.807, 2.05) is 31.2 Å². The summed E-state index contributed by atoms with van der Waals surface area (Å²) in [6, 6.07) is 7.67. The lowest BCUT2D eigenvalue weighted by Gasteiger charge is -2.09. The minimum atomic E-state index is -0.428. The van der Waals surface area contributed by atoms with Crippen LogP contribution in [0.5, 0.6) is 0 Å². The molecular weight excluding hydrogens is 224 g/mol. The van der Waals surface area contributed by atoms with Crippen molar-refractivity contribution in [1.82, 2.24) is 0 Å². The van der Waals surface area contributed by atoms with Gasteiger partial charge in [0.1, 0.15) is 0 Å². The SMILES string of the molecule is CCOCC(O)CSc1ccc(CO)cc1. The van der Waals surface area contributed by atoms with Crippen molar-refractivity contribution < 1.29 is 14.9 Å². The second kappa shape index (κ2) is 7.68. The molecular formula is C12H18O3S. The van der Waals surface area contributed by atoms with Crippen LogP contribution in [0, 0.1) is 0 Å². The zero-order valence-corrected chi connectivity index (χ0v) is 10.2. The van der Waals surface area contributed by atoms with E-state index in [2.05, 4.69) is 0 Å². The van der Waals surface area contributed by atoms with Gasteiger partial charge in [0.15, 0.2) is 0 Å². The van der Waals surface area contributed by atoms with Crippen LogP contribution in [0.15, 0.2) is 29.2 Å². The molecule has 0 heterocycles. The molecule has 1 aromatic rings. The minimum absolute atomic E-state index is 0.0674. The van der Waals surface area contributed by atoms with Gasteiger partial charge in [0.05, 0.1) is 19.3 Å². The fourth-order valence-electron chi connectivity index (χ4n) is 1.19. The van der Waals surface area contributed by atoms with Crippen LogP contribution in [0.3, 0.4) is 0 Å². The summed E-state index contributed by atoms with van der Waals surface area (Å²) in [5.74, 6) is 0.623. The summed E-state index contributed by atoms with van der Waals surface area (Å²) in [5, 5.41) is 18.4. The Bertz CT molecular complexity index is 287. The number of rotatable bonds is 7. The molecule has 0 radical (unpaired) electrons. The lowest BCUT2D eigenvalue weighted by molar-refractivity contribution is 0.0551. The first kappa shape index (κ1) is 13.5. The highest BCUT2D eigenvalue weighted by Gasteiger charge is 2.04. The van der Waals surface area contributed by atoms with Gasteiger partial charge < -0.3 is 14.9 Å². The van der Waals surface area contributed by atoms with E-state index in [1.54, 1.807) is 11.8 Å². The van der Waals surface area contributed by atoms with Crippen molar-refractivity contribution in [2.45, 2.75) is 24.5 Å². The van der Waals surface area contributed by atoms with Crippen molar-refractivity contribution >= 4 is 11.8 Å². The van der Waals surface area contributed by atoms with E-state index in [9.17, 15) is 5.11 Å². The number of aliphatic hydroxyl groups excluding tert-OH is 2. The molecule has 1 rings (SSSR count). The van der Waals surface area contributed by atoms with Crippen molar-refractivity contribution in [1.29, 1.82) is 0 Å². The molecule has 0 aliphatic carbocycles. The van der Waals surface area contributed by atoms with Gasteiger partial charge in [0.25, 0.3) is 0 Å². The molecule has 1 aromatic carbocycles. The van der Waals surface area contributed by atoms with Crippen molar-refractivity contribution in [2.24, 2.45) is 0 Å². The summed E-state index contributed by atoms with van der Waals surface area (Å²) in [6.07, 6.45) is -0.428. The molecule has 0 aromatic heterocycles. The van der Waals surface area contributed by atoms with Crippen molar-refractivity contribution in [3.05, 3.63) is 29.8 Å². The predicted molar refractivity (Wildman–Crippen MR) is 65.6 cm³/mol. The van der Waals surface area contributed by atoms with Gasteiger partial charge in [-0.2, -0.15) is 0 Å². The number of thioether (sulfide) groups is 1. The molecule has 0 bridgehead atoms. The van der Waals surface area contributed by atoms with Crippen LogP contribution < -0.4 is 0 Å². The van der Waals surface area contributed by atoms with E-state index < -0.39 is 6.10 Å². The van der Waals surface area contributed by atoms with E-state index in [0.29, 0.717) is 19.0 Å². The lowest BCUT2D eigenvalue weighted by Crippen LogP contribution is -2.17. The molecule has 3 nitrogen and oxygen atoms in total. The standard InChI is InChI=1S/C12H18O3S/c1-2-15-8-11(14)9-16-12-5-3-10(7-13)4-6-12/h3-6,11,13-14H,2,7-9H2,1H3. The summed E-state index contributed by atoms with van der Waals surface area (Å²) in [5.41, 5.74) is 0.902. The van der Waals surface area contributed by atoms with Crippen LogP contribution in [0.25, 0.3) is 0 Å². The first-order valence-electron chi connectivity index (χ1n) is 5.34. The van der Waals surface area contributed by atoms with Crippen LogP contribution in [-0.2, 0) is 11.3 Å². The second-order valence-electron chi connectivity index (χ2n) is 3.43. The van der Waals surface area contributed by atoms with E-state index >= 15 is 0 Å². The highest BCUT2D eigenvalue weighted by atomic mass is 32.2. The van der Waals surface area contributed by atoms with E-state index in [1.165, 1.54) is 0 Å². The first-order valence-corrected chi connectivity index (χ1v) is 6.33. The quantitative estimate of drug-likeness (QED) is 0.714. The number of hydrogen-bond donors (Lipinski definition) is 2. The fraction of sp³-hybridized carbons (Fsp3) is 0.500. The highest BCUT2D eigenvalue weighted by molar-refractivity contribution is 7.99. The molecule has 90 valence electrons. The third-order valence-corrected chi connectivity index (χ3v) is 3.22. The van der Waals surface area contributed by atoms with Crippen LogP contribution in [-0.4, -0.2) is 35.3 Å². The van der Waals surface area contributed by atoms with Crippen LogP contribution >= 0.6 is 11.8 Å². The van der Waals surface area contributed by atoms with E-state index in [4.69, 9.17) is 9.84 Å². The third kappa shape index (κ3) is 4.99. The monoisotopic (exact) mass is 242 g/mol. The van der Waals surface area contributed by atoms with E-state index in [-0.39, 0.29) is 6.61 Å². The van der Waals surface area contributed by atoms with Crippen molar-refractivity contribution in [3.63, 3.8) is 0 Å². The topological polar surface area (TPSA) is 49.7 Å². The largest absolute Gasteiger partial charge is 0.392 e. The van der Waals surface area contributed by atoms with Gasteiger partial charge in [0.2, 0.25) is 0 Å². The van der Waals surface area contributed by atoms with Gasteiger partial charge in [-0.1, -0.05) is 12.1 Å². The Morgan fingerprint density at radius 3 is 2.56 bits per heavy atom. The maximum Gasteiger partial charge on any atom is 0.0867 e. The number of aliphatic hydroxyl groups is 2. The molecule has 0 spiro atoms. The lowest BCUT2D eigenvalue weighted by atomic mass is 10.2. The number of hydrogen-bond acceptors (Lipinski definition) is 4. The average molecular weight is 242 g/mol. The van der Waals surface area contributed by atoms with Crippen molar-refractivity contribution in [2.75, 3.05) is 19.0 Å². The maximum atomic E-state index is 9.56. The summed E-state index contributed by atoms with van der Waals surface area (Å²) in [7, 11) is 0. The Balaban J connectivity index is 2.30. The molecule has 0 saturated carbocycles. The summed E-state index contributed by atoms with van der Waals surface area (Å²) in [4.78, 5) is 1.09. The molecule has 0 aliphatic heterocycles. The van der Waals surface area contributed by atoms with Gasteiger partial charge in [-0.15, -0.1) is 11.8 Å². The molecule has 0 aliphatic rings. The molecule has 1 unspecified atom stereocenters.